The molecule has 25 heavy (non-hydrogen) atoms. The fraction of sp³-hybridized carbons (Fsp3) is 0.300. The van der Waals surface area contributed by atoms with Gasteiger partial charge >= 0.3 is 0 Å². The zero-order valence-corrected chi connectivity index (χ0v) is 15.1. The minimum atomic E-state index is -0.245. The summed E-state index contributed by atoms with van der Waals surface area (Å²) in [6.45, 7) is 7.10. The highest BCUT2D eigenvalue weighted by Crippen LogP contribution is 2.20. The van der Waals surface area contributed by atoms with Crippen molar-refractivity contribution in [1.29, 1.82) is 0 Å². The molecule has 1 N–H and O–H groups in total. The molecule has 132 valence electrons. The highest BCUT2D eigenvalue weighted by molar-refractivity contribution is 6.05. The summed E-state index contributed by atoms with van der Waals surface area (Å²) in [6.07, 6.45) is 0. The van der Waals surface area contributed by atoms with Crippen LogP contribution in [0, 0.1) is 6.92 Å². The molecule has 5 nitrogen and oxygen atoms in total. The molecule has 5 heteroatoms. The van der Waals surface area contributed by atoms with Gasteiger partial charge in [0, 0.05) is 29.9 Å². The lowest BCUT2D eigenvalue weighted by Crippen LogP contribution is -2.30. The predicted octanol–water partition coefficient (Wildman–Crippen LogP) is 3.74. The van der Waals surface area contributed by atoms with Crippen LogP contribution in [0.1, 0.15) is 40.1 Å². The molecule has 0 bridgehead atoms. The minimum Gasteiger partial charge on any atom is -0.496 e. The smallest absolute Gasteiger partial charge is 0.255 e. The zero-order valence-electron chi connectivity index (χ0n) is 15.1. The highest BCUT2D eigenvalue weighted by atomic mass is 16.5. The Hall–Kier alpha value is -2.82. The predicted molar refractivity (Wildman–Crippen MR) is 99.4 cm³/mol. The van der Waals surface area contributed by atoms with Crippen molar-refractivity contribution in [3.8, 4) is 5.75 Å². The summed E-state index contributed by atoms with van der Waals surface area (Å²) in [4.78, 5) is 26.6. The fourth-order valence-electron chi connectivity index (χ4n) is 2.59. The SMILES string of the molecule is CCN(CC)C(=O)c1cccc(NC(=O)c2ccc(C)c(OC)c2)c1. The molecule has 2 aromatic carbocycles. The van der Waals surface area contributed by atoms with Crippen LogP contribution in [0.2, 0.25) is 0 Å². The highest BCUT2D eigenvalue weighted by Gasteiger charge is 2.14. The molecular weight excluding hydrogens is 316 g/mol. The number of benzene rings is 2. The first-order chi connectivity index (χ1) is 12.0. The number of anilines is 1. The van der Waals surface area contributed by atoms with Crippen molar-refractivity contribution in [2.24, 2.45) is 0 Å². The van der Waals surface area contributed by atoms with Gasteiger partial charge in [0.2, 0.25) is 0 Å². The number of carbonyl (C=O) groups is 2. The molecule has 0 saturated carbocycles. The zero-order chi connectivity index (χ0) is 18.4. The summed E-state index contributed by atoms with van der Waals surface area (Å²) in [5.41, 5.74) is 2.61. The van der Waals surface area contributed by atoms with Crippen LogP contribution in [0.5, 0.6) is 5.75 Å². The van der Waals surface area contributed by atoms with Crippen LogP contribution in [-0.4, -0.2) is 36.9 Å². The molecule has 0 fully saturated rings. The number of nitrogens with zero attached hydrogens (tertiary/aromatic N) is 1. The Labute approximate surface area is 148 Å². The molecule has 2 rings (SSSR count). The van der Waals surface area contributed by atoms with E-state index in [1.807, 2.05) is 26.8 Å². The Balaban J connectivity index is 2.19. The van der Waals surface area contributed by atoms with Crippen LogP contribution in [0.25, 0.3) is 0 Å². The molecule has 0 aliphatic carbocycles. The lowest BCUT2D eigenvalue weighted by atomic mass is 10.1. The van der Waals surface area contributed by atoms with Crippen LogP contribution in [0.15, 0.2) is 42.5 Å². The first-order valence-electron chi connectivity index (χ1n) is 8.35. The number of aryl methyl sites for hydroxylation is 1. The van der Waals surface area contributed by atoms with Crippen LogP contribution in [0.4, 0.5) is 5.69 Å². The van der Waals surface area contributed by atoms with Crippen molar-refractivity contribution in [3.63, 3.8) is 0 Å². The number of carbonyl (C=O) groups excluding carboxylic acids is 2. The van der Waals surface area contributed by atoms with Crippen molar-refractivity contribution in [2.75, 3.05) is 25.5 Å². The number of hydrogen-bond donors (Lipinski definition) is 1. The Morgan fingerprint density at radius 1 is 1.04 bits per heavy atom. The van der Waals surface area contributed by atoms with Gasteiger partial charge in [0.05, 0.1) is 7.11 Å². The average molecular weight is 340 g/mol. The summed E-state index contributed by atoms with van der Waals surface area (Å²) in [7, 11) is 1.58. The van der Waals surface area contributed by atoms with Gasteiger partial charge in [-0.2, -0.15) is 0 Å². The van der Waals surface area contributed by atoms with E-state index in [1.54, 1.807) is 48.4 Å². The van der Waals surface area contributed by atoms with Gasteiger partial charge < -0.3 is 15.0 Å². The van der Waals surface area contributed by atoms with E-state index >= 15 is 0 Å². The van der Waals surface area contributed by atoms with Gasteiger partial charge in [-0.25, -0.2) is 0 Å². The number of methoxy groups -OCH3 is 1. The summed E-state index contributed by atoms with van der Waals surface area (Å²) in [6, 6.07) is 12.3. The first-order valence-corrected chi connectivity index (χ1v) is 8.35. The van der Waals surface area contributed by atoms with Crippen molar-refractivity contribution >= 4 is 17.5 Å². The molecule has 0 heterocycles. The molecular formula is C20H24N2O3. The van der Waals surface area contributed by atoms with E-state index in [0.717, 1.165) is 5.56 Å². The molecule has 0 aliphatic rings. The van der Waals surface area contributed by atoms with Crippen molar-refractivity contribution in [3.05, 3.63) is 59.2 Å². The average Bonchev–Trinajstić information content (AvgIpc) is 2.63. The lowest BCUT2D eigenvalue weighted by Gasteiger charge is -2.19. The summed E-state index contributed by atoms with van der Waals surface area (Å²) >= 11 is 0. The monoisotopic (exact) mass is 340 g/mol. The molecule has 0 saturated heterocycles. The maximum absolute atomic E-state index is 12.5. The Morgan fingerprint density at radius 3 is 2.40 bits per heavy atom. The fourth-order valence-corrected chi connectivity index (χ4v) is 2.59. The molecule has 0 aliphatic heterocycles. The second-order valence-electron chi connectivity index (χ2n) is 5.70. The number of hydrogen-bond acceptors (Lipinski definition) is 3. The molecule has 0 atom stereocenters. The van der Waals surface area contributed by atoms with Gasteiger partial charge in [0.25, 0.3) is 11.8 Å². The normalized spacial score (nSPS) is 10.2. The standard InChI is InChI=1S/C20H24N2O3/c1-5-22(6-2)20(24)16-8-7-9-17(12-16)21-19(23)15-11-10-14(3)18(13-15)25-4/h7-13H,5-6H2,1-4H3,(H,21,23). The Morgan fingerprint density at radius 2 is 1.76 bits per heavy atom. The van der Waals surface area contributed by atoms with Gasteiger partial charge in [0.1, 0.15) is 5.75 Å². The molecule has 0 spiro atoms. The summed E-state index contributed by atoms with van der Waals surface area (Å²) in [5, 5.41) is 2.83. The van der Waals surface area contributed by atoms with Crippen molar-refractivity contribution in [1.82, 2.24) is 4.90 Å². The number of nitrogens with one attached hydrogen (secondary N) is 1. The Kier molecular flexibility index (Phi) is 6.17. The van der Waals surface area contributed by atoms with Gasteiger partial charge in [-0.1, -0.05) is 12.1 Å². The number of ether oxygens (including phenoxy) is 1. The molecule has 0 radical (unpaired) electrons. The third-order valence-electron chi connectivity index (χ3n) is 4.09. The van der Waals surface area contributed by atoms with Gasteiger partial charge in [0.15, 0.2) is 0 Å². The third-order valence-corrected chi connectivity index (χ3v) is 4.09. The molecule has 2 amide bonds. The quantitative estimate of drug-likeness (QED) is 0.871. The third kappa shape index (κ3) is 4.38. The number of rotatable bonds is 6. The van der Waals surface area contributed by atoms with Crippen molar-refractivity contribution < 1.29 is 14.3 Å². The summed E-state index contributed by atoms with van der Waals surface area (Å²) < 4.78 is 5.26. The maximum atomic E-state index is 12.5. The van der Waals surface area contributed by atoms with Crippen LogP contribution in [0.3, 0.4) is 0 Å². The van der Waals surface area contributed by atoms with Crippen LogP contribution in [-0.2, 0) is 0 Å². The number of amides is 2. The van der Waals surface area contributed by atoms with E-state index in [9.17, 15) is 9.59 Å². The second-order valence-corrected chi connectivity index (χ2v) is 5.70. The van der Waals surface area contributed by atoms with E-state index < -0.39 is 0 Å². The van der Waals surface area contributed by atoms with E-state index in [-0.39, 0.29) is 11.8 Å². The molecule has 0 aromatic heterocycles. The lowest BCUT2D eigenvalue weighted by molar-refractivity contribution is 0.0772. The topological polar surface area (TPSA) is 58.6 Å². The first kappa shape index (κ1) is 18.5. The van der Waals surface area contributed by atoms with Crippen LogP contribution >= 0.6 is 0 Å². The van der Waals surface area contributed by atoms with E-state index in [0.29, 0.717) is 35.7 Å². The minimum absolute atomic E-state index is 0.0434. The molecule has 0 unspecified atom stereocenters. The largest absolute Gasteiger partial charge is 0.496 e. The summed E-state index contributed by atoms with van der Waals surface area (Å²) in [5.74, 6) is 0.377. The van der Waals surface area contributed by atoms with E-state index in [4.69, 9.17) is 4.74 Å². The van der Waals surface area contributed by atoms with Gasteiger partial charge in [-0.05, 0) is 56.7 Å². The second kappa shape index (κ2) is 8.33. The van der Waals surface area contributed by atoms with E-state index in [1.165, 1.54) is 0 Å². The van der Waals surface area contributed by atoms with Gasteiger partial charge in [-0.15, -0.1) is 0 Å². The van der Waals surface area contributed by atoms with Crippen molar-refractivity contribution in [2.45, 2.75) is 20.8 Å². The Bertz CT molecular complexity index is 767. The maximum Gasteiger partial charge on any atom is 0.255 e. The molecule has 2 aromatic rings. The van der Waals surface area contributed by atoms with Gasteiger partial charge in [-0.3, -0.25) is 9.59 Å². The van der Waals surface area contributed by atoms with E-state index in [2.05, 4.69) is 5.32 Å². The van der Waals surface area contributed by atoms with Crippen LogP contribution < -0.4 is 10.1 Å².